The number of nitrogens with two attached hydrogens (primary N) is 1. The zero-order valence-electron chi connectivity index (χ0n) is 13.1. The molecule has 0 saturated carbocycles. The molecule has 0 radical (unpaired) electrons. The SMILES string of the molecule is COc1nc(/C(N)=N/OCC(=O)C2CCS(=O)(=O)CC2)ccc1Br. The lowest BCUT2D eigenvalue weighted by Crippen LogP contribution is -2.30. The summed E-state index contributed by atoms with van der Waals surface area (Å²) in [6.07, 6.45) is 0.657. The fourth-order valence-electron chi connectivity index (χ4n) is 2.25. The van der Waals surface area contributed by atoms with E-state index in [0.717, 1.165) is 0 Å². The molecule has 1 fully saturated rings. The monoisotopic (exact) mass is 419 g/mol. The van der Waals surface area contributed by atoms with Gasteiger partial charge in [0.15, 0.2) is 18.2 Å². The Hall–Kier alpha value is -1.68. The number of carbonyl (C=O) groups is 1. The Balaban J connectivity index is 1.90. The van der Waals surface area contributed by atoms with E-state index in [-0.39, 0.29) is 35.6 Å². The summed E-state index contributed by atoms with van der Waals surface area (Å²) in [5.74, 6) is -0.0434. The van der Waals surface area contributed by atoms with Crippen molar-refractivity contribution in [2.75, 3.05) is 25.2 Å². The number of ketones is 1. The quantitative estimate of drug-likeness (QED) is 0.412. The van der Waals surface area contributed by atoms with E-state index in [1.54, 1.807) is 12.1 Å². The predicted octanol–water partition coefficient (Wildman–Crippen LogP) is 0.884. The number of hydrogen-bond acceptors (Lipinski definition) is 7. The first-order valence-electron chi connectivity index (χ1n) is 7.22. The van der Waals surface area contributed by atoms with Crippen LogP contribution in [0, 0.1) is 5.92 Å². The minimum Gasteiger partial charge on any atom is -0.480 e. The maximum atomic E-state index is 12.0. The zero-order chi connectivity index (χ0) is 17.7. The molecule has 0 aliphatic carbocycles. The Labute approximate surface area is 148 Å². The molecule has 1 saturated heterocycles. The van der Waals surface area contributed by atoms with Gasteiger partial charge in [0, 0.05) is 5.92 Å². The predicted molar refractivity (Wildman–Crippen MR) is 91.6 cm³/mol. The van der Waals surface area contributed by atoms with E-state index in [9.17, 15) is 13.2 Å². The number of rotatable bonds is 6. The molecule has 1 aromatic rings. The largest absolute Gasteiger partial charge is 0.480 e. The van der Waals surface area contributed by atoms with Gasteiger partial charge in [-0.1, -0.05) is 5.16 Å². The minimum atomic E-state index is -2.99. The topological polar surface area (TPSA) is 121 Å². The number of carbonyl (C=O) groups excluding carboxylic acids is 1. The third kappa shape index (κ3) is 4.91. The number of hydrogen-bond donors (Lipinski definition) is 1. The van der Waals surface area contributed by atoms with Crippen molar-refractivity contribution in [1.29, 1.82) is 0 Å². The molecule has 8 nitrogen and oxygen atoms in total. The van der Waals surface area contributed by atoms with Crippen molar-refractivity contribution >= 4 is 37.4 Å². The van der Waals surface area contributed by atoms with Gasteiger partial charge in [-0.05, 0) is 40.9 Å². The first kappa shape index (κ1) is 18.7. The van der Waals surface area contributed by atoms with E-state index in [1.165, 1.54) is 7.11 Å². The maximum absolute atomic E-state index is 12.0. The van der Waals surface area contributed by atoms with Crippen LogP contribution in [-0.4, -0.2) is 50.2 Å². The van der Waals surface area contributed by atoms with Crippen molar-refractivity contribution in [3.63, 3.8) is 0 Å². The number of ether oxygens (including phenoxy) is 1. The summed E-state index contributed by atoms with van der Waals surface area (Å²) in [6, 6.07) is 3.33. The summed E-state index contributed by atoms with van der Waals surface area (Å²) in [6.45, 7) is -0.251. The van der Waals surface area contributed by atoms with Gasteiger partial charge in [-0.2, -0.15) is 0 Å². The molecule has 1 aromatic heterocycles. The van der Waals surface area contributed by atoms with E-state index in [2.05, 4.69) is 26.1 Å². The van der Waals surface area contributed by atoms with Gasteiger partial charge in [-0.15, -0.1) is 0 Å². The Morgan fingerprint density at radius 2 is 2.08 bits per heavy atom. The number of nitrogens with zero attached hydrogens (tertiary/aromatic N) is 2. The second kappa shape index (κ2) is 7.93. The highest BCUT2D eigenvalue weighted by atomic mass is 79.9. The van der Waals surface area contributed by atoms with Crippen LogP contribution in [0.1, 0.15) is 18.5 Å². The van der Waals surface area contributed by atoms with Gasteiger partial charge >= 0.3 is 0 Å². The average molecular weight is 420 g/mol. The highest BCUT2D eigenvalue weighted by Gasteiger charge is 2.28. The lowest BCUT2D eigenvalue weighted by molar-refractivity contribution is -0.127. The second-order valence-corrected chi connectivity index (χ2v) is 8.49. The van der Waals surface area contributed by atoms with Crippen LogP contribution in [0.5, 0.6) is 5.88 Å². The van der Waals surface area contributed by atoms with E-state index in [0.29, 0.717) is 28.9 Å². The van der Waals surface area contributed by atoms with Gasteiger partial charge < -0.3 is 15.3 Å². The fourth-order valence-corrected chi connectivity index (χ4v) is 4.13. The number of aromatic nitrogens is 1. The van der Waals surface area contributed by atoms with Crippen molar-refractivity contribution in [2.24, 2.45) is 16.8 Å². The van der Waals surface area contributed by atoms with Gasteiger partial charge in [0.2, 0.25) is 5.88 Å². The second-order valence-electron chi connectivity index (χ2n) is 5.33. The third-order valence-corrected chi connectivity index (χ3v) is 5.97. The minimum absolute atomic E-state index is 0.0137. The van der Waals surface area contributed by atoms with Crippen LogP contribution in [0.2, 0.25) is 0 Å². The number of oxime groups is 1. The lowest BCUT2D eigenvalue weighted by Gasteiger charge is -2.19. The Morgan fingerprint density at radius 3 is 2.71 bits per heavy atom. The van der Waals surface area contributed by atoms with E-state index < -0.39 is 9.84 Å². The van der Waals surface area contributed by atoms with Crippen LogP contribution in [0.15, 0.2) is 21.8 Å². The molecule has 24 heavy (non-hydrogen) atoms. The molecule has 2 N–H and O–H groups in total. The van der Waals surface area contributed by atoms with E-state index in [1.807, 2.05) is 0 Å². The van der Waals surface area contributed by atoms with E-state index in [4.69, 9.17) is 15.3 Å². The molecular formula is C14H18BrN3O5S. The summed E-state index contributed by atoms with van der Waals surface area (Å²) < 4.78 is 28.4. The summed E-state index contributed by atoms with van der Waals surface area (Å²) >= 11 is 3.28. The van der Waals surface area contributed by atoms with Crippen LogP contribution >= 0.6 is 15.9 Å². The molecule has 10 heteroatoms. The van der Waals surface area contributed by atoms with Crippen molar-refractivity contribution < 1.29 is 22.8 Å². The molecule has 1 aliphatic heterocycles. The average Bonchev–Trinajstić information content (AvgIpc) is 2.55. The summed E-state index contributed by atoms with van der Waals surface area (Å²) in [5, 5.41) is 3.68. The first-order chi connectivity index (χ1) is 11.3. The van der Waals surface area contributed by atoms with Crippen LogP contribution in [-0.2, 0) is 19.5 Å². The summed E-state index contributed by atoms with van der Waals surface area (Å²) in [5.41, 5.74) is 6.12. The molecule has 0 amide bonds. The Bertz CT molecular complexity index is 737. The van der Waals surface area contributed by atoms with Gasteiger partial charge in [-0.25, -0.2) is 13.4 Å². The molecule has 0 bridgehead atoms. The van der Waals surface area contributed by atoms with Gasteiger partial charge in [0.25, 0.3) is 0 Å². The first-order valence-corrected chi connectivity index (χ1v) is 9.83. The highest BCUT2D eigenvalue weighted by molar-refractivity contribution is 9.10. The number of Topliss-reactive ketones (excluding diaryl/α,β-unsaturated/α-hetero) is 1. The molecule has 2 rings (SSSR count). The molecule has 2 heterocycles. The van der Waals surface area contributed by atoms with E-state index >= 15 is 0 Å². The van der Waals surface area contributed by atoms with Gasteiger partial charge in [0.1, 0.15) is 15.5 Å². The number of sulfone groups is 1. The molecule has 132 valence electrons. The zero-order valence-corrected chi connectivity index (χ0v) is 15.5. The lowest BCUT2D eigenvalue weighted by atomic mass is 9.98. The normalized spacial score (nSPS) is 18.2. The van der Waals surface area contributed by atoms with Crippen molar-refractivity contribution in [1.82, 2.24) is 4.98 Å². The fraction of sp³-hybridized carbons (Fsp3) is 0.500. The van der Waals surface area contributed by atoms with Crippen molar-refractivity contribution in [2.45, 2.75) is 12.8 Å². The number of amidine groups is 1. The molecular weight excluding hydrogens is 402 g/mol. The molecule has 1 aliphatic rings. The summed E-state index contributed by atoms with van der Waals surface area (Å²) in [7, 11) is -1.52. The molecule has 0 unspecified atom stereocenters. The van der Waals surface area contributed by atoms with Crippen molar-refractivity contribution in [3.05, 3.63) is 22.3 Å². The highest BCUT2D eigenvalue weighted by Crippen LogP contribution is 2.22. The number of halogens is 1. The summed E-state index contributed by atoms with van der Waals surface area (Å²) in [4.78, 5) is 21.1. The standard InChI is InChI=1S/C14H18BrN3O5S/c1-22-14-10(15)2-3-11(17-14)13(16)18-23-8-12(19)9-4-6-24(20,21)7-5-9/h2-3,9H,4-8H2,1H3,(H2,16,18). The van der Waals surface area contributed by atoms with Crippen LogP contribution in [0.4, 0.5) is 0 Å². The smallest absolute Gasteiger partial charge is 0.228 e. The molecule has 0 atom stereocenters. The van der Waals surface area contributed by atoms with Crippen LogP contribution in [0.25, 0.3) is 0 Å². The third-order valence-electron chi connectivity index (χ3n) is 3.65. The number of methoxy groups -OCH3 is 1. The Morgan fingerprint density at radius 1 is 1.42 bits per heavy atom. The van der Waals surface area contributed by atoms with Crippen LogP contribution in [0.3, 0.4) is 0 Å². The molecule has 0 spiro atoms. The maximum Gasteiger partial charge on any atom is 0.228 e. The number of pyridine rings is 1. The molecule has 0 aromatic carbocycles. The van der Waals surface area contributed by atoms with Crippen molar-refractivity contribution in [3.8, 4) is 5.88 Å². The van der Waals surface area contributed by atoms with Crippen LogP contribution < -0.4 is 10.5 Å². The van der Waals surface area contributed by atoms with Gasteiger partial charge in [-0.3, -0.25) is 4.79 Å². The van der Waals surface area contributed by atoms with Gasteiger partial charge in [0.05, 0.1) is 23.1 Å². The Kier molecular flexibility index (Phi) is 6.16.